The molecule has 11 rings (SSSR count). The van der Waals surface area contributed by atoms with Crippen molar-refractivity contribution in [3.8, 4) is 28.0 Å². The van der Waals surface area contributed by atoms with Crippen LogP contribution in [0.5, 0.6) is 5.75 Å². The fourth-order valence-corrected chi connectivity index (χ4v) is 9.73. The van der Waals surface area contributed by atoms with Gasteiger partial charge in [-0.15, -0.1) is 0 Å². The van der Waals surface area contributed by atoms with Crippen molar-refractivity contribution in [2.24, 2.45) is 0 Å². The van der Waals surface area contributed by atoms with Crippen molar-refractivity contribution < 1.29 is 4.74 Å². The van der Waals surface area contributed by atoms with E-state index in [-0.39, 0.29) is 5.41 Å². The molecule has 0 radical (unpaired) electrons. The highest BCUT2D eigenvalue weighted by Gasteiger charge is 2.36. The summed E-state index contributed by atoms with van der Waals surface area (Å²) < 4.78 is 7.19. The molecule has 0 amide bonds. The zero-order valence-electron chi connectivity index (χ0n) is 33.0. The van der Waals surface area contributed by atoms with E-state index < -0.39 is 0 Å². The van der Waals surface area contributed by atoms with Gasteiger partial charge in [-0.25, -0.2) is 0 Å². The Kier molecular flexibility index (Phi) is 8.11. The smallest absolute Gasteiger partial charge is 0.159 e. The standard InChI is InChI=1S/C55H44N2O/c1-55(2)49-24-13-12-22-45(49)46-32-30-44(36-50(46)55)56(42-28-25-38(26-29-42)37-15-6-3-7-16-37)43-31-34-52-48(35-43)47-23-14-17-39-27-33-51(54(58-52)53(39)47)57(40-18-8-4-9-19-40)41-20-10-5-11-21-41/h3-10,12-20,22-30,32-33,35-36H,11,21,31,34H2,1-2H3. The van der Waals surface area contributed by atoms with Gasteiger partial charge in [-0.1, -0.05) is 141 Å². The van der Waals surface area contributed by atoms with Gasteiger partial charge >= 0.3 is 0 Å². The van der Waals surface area contributed by atoms with E-state index in [4.69, 9.17) is 4.74 Å². The molecule has 0 N–H and O–H groups in total. The van der Waals surface area contributed by atoms with E-state index >= 15 is 0 Å². The Labute approximate surface area is 341 Å². The summed E-state index contributed by atoms with van der Waals surface area (Å²) in [6.45, 7) is 4.73. The first-order chi connectivity index (χ1) is 28.5. The zero-order chi connectivity index (χ0) is 38.8. The molecule has 0 fully saturated rings. The van der Waals surface area contributed by atoms with Gasteiger partial charge in [-0.2, -0.15) is 0 Å². The Morgan fingerprint density at radius 2 is 1.24 bits per heavy atom. The third kappa shape index (κ3) is 5.56. The Morgan fingerprint density at radius 3 is 2.05 bits per heavy atom. The number of hydrogen-bond acceptors (Lipinski definition) is 3. The van der Waals surface area contributed by atoms with E-state index in [1.54, 1.807) is 0 Å². The Morgan fingerprint density at radius 1 is 0.534 bits per heavy atom. The third-order valence-corrected chi connectivity index (χ3v) is 12.6. The van der Waals surface area contributed by atoms with Gasteiger partial charge in [0.2, 0.25) is 0 Å². The number of para-hydroxylation sites is 1. The molecule has 7 aromatic carbocycles. The number of fused-ring (bicyclic) bond motifs is 4. The molecule has 7 aromatic rings. The van der Waals surface area contributed by atoms with Gasteiger partial charge in [0.15, 0.2) is 5.75 Å². The zero-order valence-corrected chi connectivity index (χ0v) is 33.0. The second-order valence-corrected chi connectivity index (χ2v) is 16.3. The number of ether oxygens (including phenoxy) is 1. The van der Waals surface area contributed by atoms with E-state index in [1.807, 2.05) is 0 Å². The minimum atomic E-state index is -0.104. The first-order valence-electron chi connectivity index (χ1n) is 20.6. The van der Waals surface area contributed by atoms with E-state index in [0.29, 0.717) is 0 Å². The maximum atomic E-state index is 7.19. The van der Waals surface area contributed by atoms with Gasteiger partial charge in [0.25, 0.3) is 0 Å². The van der Waals surface area contributed by atoms with Crippen LogP contribution in [0.25, 0.3) is 38.6 Å². The maximum absolute atomic E-state index is 7.19. The number of hydrogen-bond donors (Lipinski definition) is 0. The molecule has 0 spiro atoms. The first-order valence-corrected chi connectivity index (χ1v) is 20.6. The van der Waals surface area contributed by atoms with Crippen LogP contribution in [0.15, 0.2) is 199 Å². The highest BCUT2D eigenvalue weighted by molar-refractivity contribution is 6.06. The molecule has 0 aromatic heterocycles. The summed E-state index contributed by atoms with van der Waals surface area (Å²) in [5.41, 5.74) is 17.2. The van der Waals surface area contributed by atoms with Crippen LogP contribution in [-0.4, -0.2) is 0 Å². The second-order valence-electron chi connectivity index (χ2n) is 16.3. The number of rotatable bonds is 7. The van der Waals surface area contributed by atoms with Gasteiger partial charge in [-0.3, -0.25) is 0 Å². The van der Waals surface area contributed by atoms with Crippen molar-refractivity contribution >= 4 is 39.1 Å². The predicted molar refractivity (Wildman–Crippen MR) is 242 cm³/mol. The number of nitrogens with zero attached hydrogens (tertiary/aromatic N) is 2. The summed E-state index contributed by atoms with van der Waals surface area (Å²) in [7, 11) is 0. The summed E-state index contributed by atoms with van der Waals surface area (Å²) in [5.74, 6) is 1.98. The van der Waals surface area contributed by atoms with Crippen LogP contribution in [0.3, 0.4) is 0 Å². The number of anilines is 4. The largest absolute Gasteiger partial charge is 0.458 e. The molecule has 4 aliphatic rings. The monoisotopic (exact) mass is 748 g/mol. The molecule has 0 atom stereocenters. The van der Waals surface area contributed by atoms with Crippen LogP contribution >= 0.6 is 0 Å². The lowest BCUT2D eigenvalue weighted by atomic mass is 9.82. The van der Waals surface area contributed by atoms with Gasteiger partial charge in [-0.05, 0) is 118 Å². The average Bonchev–Trinajstić information content (AvgIpc) is 3.51. The maximum Gasteiger partial charge on any atom is 0.159 e. The highest BCUT2D eigenvalue weighted by atomic mass is 16.5. The van der Waals surface area contributed by atoms with Crippen LogP contribution in [-0.2, 0) is 5.41 Å². The summed E-state index contributed by atoms with van der Waals surface area (Å²) >= 11 is 0. The summed E-state index contributed by atoms with van der Waals surface area (Å²) in [5, 5.41) is 2.35. The molecule has 3 nitrogen and oxygen atoms in total. The summed E-state index contributed by atoms with van der Waals surface area (Å²) in [4.78, 5) is 4.89. The van der Waals surface area contributed by atoms with Crippen molar-refractivity contribution in [1.29, 1.82) is 0 Å². The van der Waals surface area contributed by atoms with Crippen molar-refractivity contribution in [2.45, 2.75) is 44.9 Å². The van der Waals surface area contributed by atoms with Crippen LogP contribution in [0, 0.1) is 0 Å². The summed E-state index contributed by atoms with van der Waals surface area (Å²) in [6.07, 6.45) is 12.7. The van der Waals surface area contributed by atoms with E-state index in [1.165, 1.54) is 72.4 Å². The molecule has 1 aliphatic heterocycles. The highest BCUT2D eigenvalue weighted by Crippen LogP contribution is 2.53. The topological polar surface area (TPSA) is 15.7 Å². The van der Waals surface area contributed by atoms with Gasteiger partial charge in [0.1, 0.15) is 5.76 Å². The molecule has 280 valence electrons. The van der Waals surface area contributed by atoms with Crippen molar-refractivity contribution in [1.82, 2.24) is 0 Å². The molecule has 58 heavy (non-hydrogen) atoms. The number of benzene rings is 7. The second kappa shape index (κ2) is 13.7. The van der Waals surface area contributed by atoms with E-state index in [2.05, 4.69) is 206 Å². The Bertz CT molecular complexity index is 2880. The van der Waals surface area contributed by atoms with Crippen molar-refractivity contribution in [3.63, 3.8) is 0 Å². The normalized spacial score (nSPS) is 15.8. The molecule has 0 saturated carbocycles. The third-order valence-electron chi connectivity index (χ3n) is 12.6. The van der Waals surface area contributed by atoms with Crippen molar-refractivity contribution in [3.05, 3.63) is 216 Å². The fourth-order valence-electron chi connectivity index (χ4n) is 9.73. The molecule has 0 saturated heterocycles. The quantitative estimate of drug-likeness (QED) is 0.161. The first kappa shape index (κ1) is 34.4. The van der Waals surface area contributed by atoms with Crippen molar-refractivity contribution in [2.75, 3.05) is 9.80 Å². The van der Waals surface area contributed by atoms with Gasteiger partial charge < -0.3 is 14.5 Å². The SMILES string of the molecule is CC1(C)c2ccccc2-c2ccc(N(C3=CC4=C(CC3)Oc3c(N(C5=CC=CCC5)c5ccccc5)ccc5cccc4c35)c3ccc(-c4ccccc4)cc3)cc21. The van der Waals surface area contributed by atoms with Crippen LogP contribution < -0.4 is 14.5 Å². The molecule has 1 heterocycles. The lowest BCUT2D eigenvalue weighted by Crippen LogP contribution is -2.22. The molecular weight excluding hydrogens is 705 g/mol. The molecular formula is C55H44N2O. The molecule has 0 bridgehead atoms. The van der Waals surface area contributed by atoms with Crippen LogP contribution in [0.2, 0.25) is 0 Å². The minimum absolute atomic E-state index is 0.104. The Hall–Kier alpha value is -6.84. The number of allylic oxidation sites excluding steroid dienone is 8. The minimum Gasteiger partial charge on any atom is -0.458 e. The lowest BCUT2D eigenvalue weighted by molar-refractivity contribution is 0.406. The van der Waals surface area contributed by atoms with E-state index in [0.717, 1.165) is 54.3 Å². The molecule has 3 aliphatic carbocycles. The van der Waals surface area contributed by atoms with Gasteiger partial charge in [0, 0.05) is 51.3 Å². The van der Waals surface area contributed by atoms with Crippen LogP contribution in [0.1, 0.15) is 56.2 Å². The molecule has 3 heteroatoms. The lowest BCUT2D eigenvalue weighted by Gasteiger charge is -2.36. The van der Waals surface area contributed by atoms with Gasteiger partial charge in [0.05, 0.1) is 5.69 Å². The summed E-state index contributed by atoms with van der Waals surface area (Å²) in [6, 6.07) is 57.7. The Balaban J connectivity index is 1.05. The predicted octanol–water partition coefficient (Wildman–Crippen LogP) is 14.8. The van der Waals surface area contributed by atoms with E-state index in [9.17, 15) is 0 Å². The molecule has 0 unspecified atom stereocenters. The fraction of sp³-hybridized carbons (Fsp3) is 0.127. The van der Waals surface area contributed by atoms with Crippen LogP contribution in [0.4, 0.5) is 22.7 Å². The average molecular weight is 749 g/mol.